The molecule has 2 aliphatic carbocycles. The van der Waals surface area contributed by atoms with Crippen LogP contribution in [0.5, 0.6) is 0 Å². The molecule has 2 saturated carbocycles. The molecule has 0 radical (unpaired) electrons. The lowest BCUT2D eigenvalue weighted by Gasteiger charge is -2.20. The van der Waals surface area contributed by atoms with Gasteiger partial charge in [0.1, 0.15) is 6.10 Å². The molecule has 3 rings (SSSR count). The van der Waals surface area contributed by atoms with Gasteiger partial charge in [0, 0.05) is 6.61 Å². The van der Waals surface area contributed by atoms with Crippen LogP contribution in [-0.2, 0) is 9.47 Å². The highest BCUT2D eigenvalue weighted by Gasteiger charge is 2.39. The average molecular weight is 182 g/mol. The van der Waals surface area contributed by atoms with Gasteiger partial charge in [0.25, 0.3) is 0 Å². The van der Waals surface area contributed by atoms with Gasteiger partial charge in [0.15, 0.2) is 0 Å². The van der Waals surface area contributed by atoms with Crippen LogP contribution in [0.3, 0.4) is 0 Å². The van der Waals surface area contributed by atoms with Crippen LogP contribution in [0.25, 0.3) is 0 Å². The molecule has 4 atom stereocenters. The van der Waals surface area contributed by atoms with E-state index in [4.69, 9.17) is 9.47 Å². The Kier molecular flexibility index (Phi) is 2.06. The van der Waals surface area contributed by atoms with E-state index in [1.807, 2.05) is 0 Å². The third-order valence-electron chi connectivity index (χ3n) is 3.92. The van der Waals surface area contributed by atoms with Crippen molar-refractivity contribution in [1.82, 2.24) is 0 Å². The maximum absolute atomic E-state index is 5.67. The van der Waals surface area contributed by atoms with Crippen molar-refractivity contribution in [2.75, 3.05) is 19.8 Å². The van der Waals surface area contributed by atoms with Gasteiger partial charge in [-0.2, -0.15) is 0 Å². The Balaban J connectivity index is 1.40. The predicted molar refractivity (Wildman–Crippen MR) is 49.5 cm³/mol. The molecule has 0 aromatic heterocycles. The molecule has 0 N–H and O–H groups in total. The van der Waals surface area contributed by atoms with Crippen molar-refractivity contribution < 1.29 is 9.47 Å². The van der Waals surface area contributed by atoms with Gasteiger partial charge >= 0.3 is 0 Å². The minimum absolute atomic E-state index is 0.443. The van der Waals surface area contributed by atoms with Crippen LogP contribution in [-0.4, -0.2) is 25.9 Å². The molecule has 0 aromatic carbocycles. The largest absolute Gasteiger partial charge is 0.378 e. The molecule has 74 valence electrons. The molecule has 2 bridgehead atoms. The quantitative estimate of drug-likeness (QED) is 0.619. The molecule has 13 heavy (non-hydrogen) atoms. The molecule has 3 aliphatic rings. The van der Waals surface area contributed by atoms with E-state index in [1.165, 1.54) is 25.7 Å². The van der Waals surface area contributed by atoms with E-state index < -0.39 is 0 Å². The molecule has 1 aliphatic heterocycles. The van der Waals surface area contributed by atoms with Crippen molar-refractivity contribution >= 4 is 0 Å². The van der Waals surface area contributed by atoms with Crippen LogP contribution in [0, 0.1) is 17.8 Å². The van der Waals surface area contributed by atoms with Crippen LogP contribution in [0.1, 0.15) is 25.7 Å². The van der Waals surface area contributed by atoms with E-state index in [0.717, 1.165) is 37.6 Å². The zero-order valence-corrected chi connectivity index (χ0v) is 8.08. The summed E-state index contributed by atoms with van der Waals surface area (Å²) >= 11 is 0. The first-order valence-electron chi connectivity index (χ1n) is 5.61. The van der Waals surface area contributed by atoms with Gasteiger partial charge in [-0.25, -0.2) is 0 Å². The number of epoxide rings is 1. The van der Waals surface area contributed by atoms with Crippen molar-refractivity contribution in [3.05, 3.63) is 0 Å². The lowest BCUT2D eigenvalue weighted by molar-refractivity contribution is 0.0679. The van der Waals surface area contributed by atoms with E-state index in [1.54, 1.807) is 0 Å². The Morgan fingerprint density at radius 3 is 2.69 bits per heavy atom. The summed E-state index contributed by atoms with van der Waals surface area (Å²) < 4.78 is 10.8. The van der Waals surface area contributed by atoms with E-state index in [-0.39, 0.29) is 0 Å². The maximum atomic E-state index is 5.67. The number of rotatable bonds is 4. The van der Waals surface area contributed by atoms with E-state index in [0.29, 0.717) is 6.10 Å². The van der Waals surface area contributed by atoms with Crippen molar-refractivity contribution in [3.8, 4) is 0 Å². The first-order valence-corrected chi connectivity index (χ1v) is 5.61. The van der Waals surface area contributed by atoms with E-state index >= 15 is 0 Å². The molecule has 2 heteroatoms. The molecule has 0 amide bonds. The van der Waals surface area contributed by atoms with Crippen LogP contribution in [0.4, 0.5) is 0 Å². The average Bonchev–Trinajstić information content (AvgIpc) is 2.74. The Bertz CT molecular complexity index is 189. The number of fused-ring (bicyclic) bond motifs is 2. The fourth-order valence-corrected chi connectivity index (χ4v) is 3.10. The minimum atomic E-state index is 0.443. The first-order chi connectivity index (χ1) is 6.42. The van der Waals surface area contributed by atoms with Crippen molar-refractivity contribution in [2.24, 2.45) is 17.8 Å². The molecule has 3 fully saturated rings. The van der Waals surface area contributed by atoms with Crippen molar-refractivity contribution in [1.29, 1.82) is 0 Å². The molecule has 0 aromatic rings. The summed E-state index contributed by atoms with van der Waals surface area (Å²) in [5.74, 6) is 2.94. The third kappa shape index (κ3) is 1.75. The number of ether oxygens (including phenoxy) is 2. The zero-order valence-electron chi connectivity index (χ0n) is 8.08. The van der Waals surface area contributed by atoms with Crippen LogP contribution >= 0.6 is 0 Å². The summed E-state index contributed by atoms with van der Waals surface area (Å²) in [7, 11) is 0. The summed E-state index contributed by atoms with van der Waals surface area (Å²) in [5, 5.41) is 0. The number of hydrogen-bond donors (Lipinski definition) is 0. The summed E-state index contributed by atoms with van der Waals surface area (Å²) in [4.78, 5) is 0. The smallest absolute Gasteiger partial charge is 0.104 e. The highest BCUT2D eigenvalue weighted by atomic mass is 16.6. The lowest BCUT2D eigenvalue weighted by atomic mass is 9.90. The highest BCUT2D eigenvalue weighted by Crippen LogP contribution is 2.48. The van der Waals surface area contributed by atoms with E-state index in [2.05, 4.69) is 0 Å². The summed E-state index contributed by atoms with van der Waals surface area (Å²) in [5.41, 5.74) is 0. The van der Waals surface area contributed by atoms with Gasteiger partial charge in [-0.3, -0.25) is 0 Å². The SMILES string of the molecule is C1CC2CC1CC2COCC1CO1. The Labute approximate surface area is 79.6 Å². The van der Waals surface area contributed by atoms with Gasteiger partial charge in [0.05, 0.1) is 13.2 Å². The molecular weight excluding hydrogens is 164 g/mol. The molecular formula is C11H18O2. The Morgan fingerprint density at radius 1 is 1.15 bits per heavy atom. The lowest BCUT2D eigenvalue weighted by Crippen LogP contribution is -2.18. The van der Waals surface area contributed by atoms with Crippen LogP contribution in [0.2, 0.25) is 0 Å². The van der Waals surface area contributed by atoms with Crippen LogP contribution in [0.15, 0.2) is 0 Å². The van der Waals surface area contributed by atoms with Gasteiger partial charge in [-0.1, -0.05) is 6.42 Å². The highest BCUT2D eigenvalue weighted by molar-refractivity contribution is 4.89. The molecule has 1 saturated heterocycles. The molecule has 1 heterocycles. The standard InChI is InChI=1S/C11H18O2/c1-2-9-3-8(1)4-10(9)5-12-6-11-7-13-11/h8-11H,1-7H2. The summed E-state index contributed by atoms with van der Waals surface area (Å²) in [6.07, 6.45) is 6.34. The first kappa shape index (κ1) is 8.25. The molecule has 2 nitrogen and oxygen atoms in total. The van der Waals surface area contributed by atoms with Crippen molar-refractivity contribution in [2.45, 2.75) is 31.8 Å². The fourth-order valence-electron chi connectivity index (χ4n) is 3.10. The van der Waals surface area contributed by atoms with Gasteiger partial charge in [-0.15, -0.1) is 0 Å². The summed E-state index contributed by atoms with van der Waals surface area (Å²) in [6, 6.07) is 0. The van der Waals surface area contributed by atoms with Crippen molar-refractivity contribution in [3.63, 3.8) is 0 Å². The van der Waals surface area contributed by atoms with Gasteiger partial charge < -0.3 is 9.47 Å². The van der Waals surface area contributed by atoms with E-state index in [9.17, 15) is 0 Å². The van der Waals surface area contributed by atoms with Gasteiger partial charge in [0.2, 0.25) is 0 Å². The number of hydrogen-bond acceptors (Lipinski definition) is 2. The molecule has 4 unspecified atom stereocenters. The topological polar surface area (TPSA) is 21.8 Å². The Hall–Kier alpha value is -0.0800. The predicted octanol–water partition coefficient (Wildman–Crippen LogP) is 1.84. The normalized spacial score (nSPS) is 47.1. The zero-order chi connectivity index (χ0) is 8.67. The molecule has 0 spiro atoms. The third-order valence-corrected chi connectivity index (χ3v) is 3.92. The second kappa shape index (κ2) is 3.25. The second-order valence-corrected chi connectivity index (χ2v) is 4.93. The second-order valence-electron chi connectivity index (χ2n) is 4.93. The Morgan fingerprint density at radius 2 is 2.08 bits per heavy atom. The van der Waals surface area contributed by atoms with Gasteiger partial charge in [-0.05, 0) is 37.0 Å². The monoisotopic (exact) mass is 182 g/mol. The minimum Gasteiger partial charge on any atom is -0.378 e. The fraction of sp³-hybridized carbons (Fsp3) is 1.00. The maximum Gasteiger partial charge on any atom is 0.104 e. The van der Waals surface area contributed by atoms with Crippen LogP contribution < -0.4 is 0 Å². The summed E-state index contributed by atoms with van der Waals surface area (Å²) in [6.45, 7) is 2.77.